The van der Waals surface area contributed by atoms with Gasteiger partial charge in [0.25, 0.3) is 6.43 Å². The smallest absolute Gasteiger partial charge is 0.257 e. The summed E-state index contributed by atoms with van der Waals surface area (Å²) < 4.78 is 26.6. The standard InChI is InChI=1S/C14H19F2N5/c1-9-7-12(20-5-3-17-4-6-20)18-14-13(9)10(2)21(19-14)8-11(15)16/h7,11,17H,3-6,8H2,1-2H3. The number of hydrogen-bond acceptors (Lipinski definition) is 4. The summed E-state index contributed by atoms with van der Waals surface area (Å²) in [6, 6.07) is 2.02. The van der Waals surface area contributed by atoms with Gasteiger partial charge in [0.05, 0.1) is 0 Å². The van der Waals surface area contributed by atoms with Crippen molar-refractivity contribution in [1.82, 2.24) is 20.1 Å². The van der Waals surface area contributed by atoms with E-state index < -0.39 is 6.43 Å². The first kappa shape index (κ1) is 14.2. The fraction of sp³-hybridized carbons (Fsp3) is 0.571. The Morgan fingerprint density at radius 2 is 2.00 bits per heavy atom. The lowest BCUT2D eigenvalue weighted by molar-refractivity contribution is 0.121. The number of rotatable bonds is 3. The summed E-state index contributed by atoms with van der Waals surface area (Å²) in [7, 11) is 0. The van der Waals surface area contributed by atoms with Crippen molar-refractivity contribution in [2.24, 2.45) is 0 Å². The highest BCUT2D eigenvalue weighted by atomic mass is 19.3. The number of nitrogens with one attached hydrogen (secondary N) is 1. The topological polar surface area (TPSA) is 46.0 Å². The van der Waals surface area contributed by atoms with E-state index in [1.54, 1.807) is 0 Å². The fourth-order valence-corrected chi connectivity index (χ4v) is 2.84. The number of aryl methyl sites for hydroxylation is 2. The largest absolute Gasteiger partial charge is 0.354 e. The summed E-state index contributed by atoms with van der Waals surface area (Å²) in [6.45, 7) is 7.07. The summed E-state index contributed by atoms with van der Waals surface area (Å²) in [4.78, 5) is 6.77. The molecule has 0 bridgehead atoms. The van der Waals surface area contributed by atoms with E-state index in [4.69, 9.17) is 0 Å². The predicted molar refractivity (Wildman–Crippen MR) is 78.1 cm³/mol. The van der Waals surface area contributed by atoms with Gasteiger partial charge in [-0.25, -0.2) is 13.8 Å². The maximum Gasteiger partial charge on any atom is 0.257 e. The maximum absolute atomic E-state index is 12.6. The molecule has 0 aliphatic carbocycles. The van der Waals surface area contributed by atoms with E-state index in [-0.39, 0.29) is 6.54 Å². The van der Waals surface area contributed by atoms with Crippen LogP contribution in [0.2, 0.25) is 0 Å². The van der Waals surface area contributed by atoms with Crippen LogP contribution >= 0.6 is 0 Å². The Hall–Kier alpha value is -1.76. The third kappa shape index (κ3) is 2.70. The van der Waals surface area contributed by atoms with Gasteiger partial charge in [0.2, 0.25) is 0 Å². The molecule has 1 fully saturated rings. The third-order valence-corrected chi connectivity index (χ3v) is 3.90. The second-order valence-electron chi connectivity index (χ2n) is 5.39. The van der Waals surface area contributed by atoms with Crippen LogP contribution < -0.4 is 10.2 Å². The van der Waals surface area contributed by atoms with Crippen molar-refractivity contribution in [2.75, 3.05) is 31.1 Å². The Morgan fingerprint density at radius 3 is 2.67 bits per heavy atom. The van der Waals surface area contributed by atoms with E-state index in [9.17, 15) is 8.78 Å². The van der Waals surface area contributed by atoms with Crippen molar-refractivity contribution in [3.05, 3.63) is 17.3 Å². The molecule has 0 spiro atoms. The van der Waals surface area contributed by atoms with Crippen LogP contribution in [0.5, 0.6) is 0 Å². The summed E-state index contributed by atoms with van der Waals surface area (Å²) in [5.41, 5.74) is 2.34. The molecule has 0 radical (unpaired) electrons. The minimum Gasteiger partial charge on any atom is -0.354 e. The molecule has 2 aromatic rings. The SMILES string of the molecule is Cc1cc(N2CCNCC2)nc2nn(CC(F)F)c(C)c12. The second kappa shape index (κ2) is 5.55. The number of hydrogen-bond donors (Lipinski definition) is 1. The molecule has 7 heteroatoms. The molecule has 1 aliphatic heterocycles. The Labute approximate surface area is 121 Å². The predicted octanol–water partition coefficient (Wildman–Crippen LogP) is 1.72. The van der Waals surface area contributed by atoms with E-state index in [2.05, 4.69) is 20.3 Å². The molecule has 1 aliphatic rings. The summed E-state index contributed by atoms with van der Waals surface area (Å²) in [6.07, 6.45) is -2.41. The monoisotopic (exact) mass is 295 g/mol. The van der Waals surface area contributed by atoms with Crippen molar-refractivity contribution in [3.8, 4) is 0 Å². The molecule has 3 heterocycles. The van der Waals surface area contributed by atoms with E-state index in [0.29, 0.717) is 5.65 Å². The molecule has 3 rings (SSSR count). The molecule has 1 saturated heterocycles. The highest BCUT2D eigenvalue weighted by Gasteiger charge is 2.18. The van der Waals surface area contributed by atoms with Gasteiger partial charge in [-0.1, -0.05) is 0 Å². The van der Waals surface area contributed by atoms with Crippen LogP contribution in [0.3, 0.4) is 0 Å². The highest BCUT2D eigenvalue weighted by molar-refractivity contribution is 5.83. The number of nitrogens with zero attached hydrogens (tertiary/aromatic N) is 4. The van der Waals surface area contributed by atoms with E-state index >= 15 is 0 Å². The summed E-state index contributed by atoms with van der Waals surface area (Å²) >= 11 is 0. The second-order valence-corrected chi connectivity index (χ2v) is 5.39. The summed E-state index contributed by atoms with van der Waals surface area (Å²) in [5.74, 6) is 0.878. The van der Waals surface area contributed by atoms with Crippen LogP contribution in [-0.4, -0.2) is 47.4 Å². The zero-order valence-electron chi connectivity index (χ0n) is 12.2. The van der Waals surface area contributed by atoms with Crippen LogP contribution in [0, 0.1) is 13.8 Å². The Bertz CT molecular complexity index is 646. The van der Waals surface area contributed by atoms with Crippen molar-refractivity contribution in [1.29, 1.82) is 0 Å². The third-order valence-electron chi connectivity index (χ3n) is 3.90. The van der Waals surface area contributed by atoms with Crippen LogP contribution in [0.1, 0.15) is 11.3 Å². The normalized spacial score (nSPS) is 16.1. The molecule has 2 aromatic heterocycles. The first-order chi connectivity index (χ1) is 10.1. The van der Waals surface area contributed by atoms with Crippen LogP contribution in [0.25, 0.3) is 11.0 Å². The molecule has 5 nitrogen and oxygen atoms in total. The average Bonchev–Trinajstić information content (AvgIpc) is 2.76. The van der Waals surface area contributed by atoms with E-state index in [1.165, 1.54) is 4.68 Å². The number of fused-ring (bicyclic) bond motifs is 1. The Balaban J connectivity index is 2.02. The molecule has 114 valence electrons. The molecule has 0 amide bonds. The van der Waals surface area contributed by atoms with Gasteiger partial charge >= 0.3 is 0 Å². The van der Waals surface area contributed by atoms with Crippen molar-refractivity contribution >= 4 is 16.9 Å². The van der Waals surface area contributed by atoms with Gasteiger partial charge in [-0.15, -0.1) is 0 Å². The van der Waals surface area contributed by atoms with Crippen LogP contribution in [-0.2, 0) is 6.54 Å². The summed E-state index contributed by atoms with van der Waals surface area (Å²) in [5, 5.41) is 8.43. The first-order valence-electron chi connectivity index (χ1n) is 7.15. The number of anilines is 1. The van der Waals surface area contributed by atoms with Gasteiger partial charge in [-0.2, -0.15) is 5.10 Å². The van der Waals surface area contributed by atoms with Crippen molar-refractivity contribution in [3.63, 3.8) is 0 Å². The van der Waals surface area contributed by atoms with Crippen LogP contribution in [0.4, 0.5) is 14.6 Å². The van der Waals surface area contributed by atoms with Gasteiger partial charge in [-0.05, 0) is 25.5 Å². The number of halogens is 2. The lowest BCUT2D eigenvalue weighted by Gasteiger charge is -2.28. The highest BCUT2D eigenvalue weighted by Crippen LogP contribution is 2.25. The van der Waals surface area contributed by atoms with Gasteiger partial charge < -0.3 is 10.2 Å². The molecular formula is C14H19F2N5. The molecule has 21 heavy (non-hydrogen) atoms. The molecular weight excluding hydrogens is 276 g/mol. The molecule has 0 aromatic carbocycles. The van der Waals surface area contributed by atoms with Gasteiger partial charge in [0.15, 0.2) is 5.65 Å². The number of alkyl halides is 2. The quantitative estimate of drug-likeness (QED) is 0.936. The molecule has 0 saturated carbocycles. The minimum absolute atomic E-state index is 0.384. The lowest BCUT2D eigenvalue weighted by Crippen LogP contribution is -2.43. The van der Waals surface area contributed by atoms with Gasteiger partial charge in [0, 0.05) is 37.3 Å². The van der Waals surface area contributed by atoms with Crippen LogP contribution in [0.15, 0.2) is 6.07 Å². The Morgan fingerprint density at radius 1 is 1.29 bits per heavy atom. The maximum atomic E-state index is 12.6. The Kier molecular flexibility index (Phi) is 3.75. The first-order valence-corrected chi connectivity index (χ1v) is 7.15. The average molecular weight is 295 g/mol. The fourth-order valence-electron chi connectivity index (χ4n) is 2.84. The van der Waals surface area contributed by atoms with Crippen molar-refractivity contribution < 1.29 is 8.78 Å². The molecule has 0 atom stereocenters. The molecule has 0 unspecified atom stereocenters. The van der Waals surface area contributed by atoms with E-state index in [0.717, 1.165) is 48.6 Å². The number of aromatic nitrogens is 3. The minimum atomic E-state index is -2.41. The van der Waals surface area contributed by atoms with Gasteiger partial charge in [-0.3, -0.25) is 4.68 Å². The zero-order chi connectivity index (χ0) is 15.0. The van der Waals surface area contributed by atoms with Crippen molar-refractivity contribution in [2.45, 2.75) is 26.8 Å². The van der Waals surface area contributed by atoms with E-state index in [1.807, 2.05) is 19.9 Å². The lowest BCUT2D eigenvalue weighted by atomic mass is 10.1. The van der Waals surface area contributed by atoms with Gasteiger partial charge in [0.1, 0.15) is 12.4 Å². The number of piperazine rings is 1. The zero-order valence-corrected chi connectivity index (χ0v) is 12.2. The molecule has 1 N–H and O–H groups in total. The number of pyridine rings is 1.